The molecular weight excluding hydrogens is 338 g/mol. The Morgan fingerprint density at radius 3 is 2.58 bits per heavy atom. The number of fused-ring (bicyclic) bond motifs is 1. The first-order chi connectivity index (χ1) is 11.7. The van der Waals surface area contributed by atoms with Crippen LogP contribution in [0.1, 0.15) is 28.8 Å². The fraction of sp³-hybridized carbons (Fsp3) is 0.250. The van der Waals surface area contributed by atoms with Gasteiger partial charge in [-0.25, -0.2) is 0 Å². The molecule has 0 bridgehead atoms. The van der Waals surface area contributed by atoms with Gasteiger partial charge in [0.15, 0.2) is 5.78 Å². The number of hydrogen-bond acceptors (Lipinski definition) is 2. The van der Waals surface area contributed by atoms with Crippen molar-refractivity contribution >= 4 is 40.9 Å². The third-order valence-corrected chi connectivity index (χ3v) is 4.89. The van der Waals surface area contributed by atoms with Crippen LogP contribution >= 0.6 is 24.2 Å². The lowest BCUT2D eigenvalue weighted by atomic mass is 10.0. The molecule has 3 rings (SSSR count). The monoisotopic (exact) mass is 357 g/mol. The minimum atomic E-state index is 0.104. The highest BCUT2D eigenvalue weighted by Crippen LogP contribution is 2.25. The van der Waals surface area contributed by atoms with Crippen molar-refractivity contribution < 1.29 is 4.79 Å². The molecule has 0 amide bonds. The van der Waals surface area contributed by atoms with E-state index < -0.39 is 0 Å². The first-order valence-corrected chi connectivity index (χ1v) is 9.17. The second-order valence-corrected chi connectivity index (χ2v) is 6.73. The molecule has 0 saturated heterocycles. The summed E-state index contributed by atoms with van der Waals surface area (Å²) in [7, 11) is 0. The average molecular weight is 358 g/mol. The predicted molar refractivity (Wildman–Crippen MR) is 105 cm³/mol. The summed E-state index contributed by atoms with van der Waals surface area (Å²) in [4.78, 5) is 12.8. The van der Waals surface area contributed by atoms with E-state index in [-0.39, 0.29) is 5.78 Å². The number of aryl methyl sites for hydroxylation is 1. The number of unbranched alkanes of at least 4 members (excludes halogenated alkanes) is 1. The van der Waals surface area contributed by atoms with Crippen molar-refractivity contribution in [3.8, 4) is 0 Å². The van der Waals surface area contributed by atoms with Gasteiger partial charge in [-0.15, -0.1) is 0 Å². The van der Waals surface area contributed by atoms with Crippen LogP contribution in [0.25, 0.3) is 10.9 Å². The van der Waals surface area contributed by atoms with Crippen LogP contribution in [-0.4, -0.2) is 16.1 Å². The average Bonchev–Trinajstić information content (AvgIpc) is 2.96. The molecule has 0 unspecified atom stereocenters. The third-order valence-electron chi connectivity index (χ3n) is 4.20. The van der Waals surface area contributed by atoms with Gasteiger partial charge in [-0.3, -0.25) is 4.79 Å². The molecule has 3 aromatic rings. The molecule has 0 radical (unpaired) electrons. The molecule has 0 aliphatic rings. The fourth-order valence-corrected chi connectivity index (χ4v) is 3.38. The number of hydrogen-bond donors (Lipinski definition) is 1. The molecule has 4 heteroatoms. The van der Waals surface area contributed by atoms with E-state index in [0.29, 0.717) is 11.4 Å². The molecule has 0 spiro atoms. The van der Waals surface area contributed by atoms with E-state index in [1.165, 1.54) is 0 Å². The van der Waals surface area contributed by atoms with Gasteiger partial charge in [0.1, 0.15) is 0 Å². The quantitative estimate of drug-likeness (QED) is 0.340. The molecule has 24 heavy (non-hydrogen) atoms. The second kappa shape index (κ2) is 7.91. The third kappa shape index (κ3) is 3.68. The molecule has 0 aliphatic heterocycles. The Labute approximate surface area is 152 Å². The van der Waals surface area contributed by atoms with Crippen molar-refractivity contribution in [2.45, 2.75) is 25.8 Å². The molecule has 0 fully saturated rings. The van der Waals surface area contributed by atoms with Gasteiger partial charge in [-0.1, -0.05) is 48.0 Å². The van der Waals surface area contributed by atoms with Crippen LogP contribution in [-0.2, 0) is 13.0 Å². The highest BCUT2D eigenvalue weighted by atomic mass is 35.5. The van der Waals surface area contributed by atoms with Crippen molar-refractivity contribution in [3.63, 3.8) is 0 Å². The Morgan fingerprint density at radius 1 is 1.04 bits per heavy atom. The fourth-order valence-electron chi connectivity index (χ4n) is 2.96. The van der Waals surface area contributed by atoms with Gasteiger partial charge >= 0.3 is 0 Å². The lowest BCUT2D eigenvalue weighted by molar-refractivity contribution is 0.0994. The molecule has 2 nitrogen and oxygen atoms in total. The lowest BCUT2D eigenvalue weighted by Gasteiger charge is -2.03. The zero-order chi connectivity index (χ0) is 16.9. The minimum Gasteiger partial charge on any atom is -0.347 e. The Balaban J connectivity index is 1.91. The van der Waals surface area contributed by atoms with Crippen molar-refractivity contribution in [3.05, 3.63) is 70.9 Å². The molecule has 0 N–H and O–H groups in total. The Hall–Kier alpha value is -1.71. The summed E-state index contributed by atoms with van der Waals surface area (Å²) in [5.41, 5.74) is 2.76. The molecule has 1 aromatic heterocycles. The largest absolute Gasteiger partial charge is 0.347 e. The maximum Gasteiger partial charge on any atom is 0.169 e. The van der Waals surface area contributed by atoms with E-state index in [0.717, 1.165) is 47.2 Å². The topological polar surface area (TPSA) is 22.0 Å². The zero-order valence-electron chi connectivity index (χ0n) is 13.4. The van der Waals surface area contributed by atoms with Crippen LogP contribution in [0.5, 0.6) is 0 Å². The minimum absolute atomic E-state index is 0.104. The number of benzene rings is 2. The van der Waals surface area contributed by atoms with E-state index in [2.05, 4.69) is 23.3 Å². The van der Waals surface area contributed by atoms with Crippen LogP contribution in [0.3, 0.4) is 0 Å². The Kier molecular flexibility index (Phi) is 5.64. The van der Waals surface area contributed by atoms with Crippen LogP contribution in [0.15, 0.2) is 54.7 Å². The molecule has 2 aromatic carbocycles. The zero-order valence-corrected chi connectivity index (χ0v) is 15.1. The van der Waals surface area contributed by atoms with Gasteiger partial charge < -0.3 is 4.57 Å². The first kappa shape index (κ1) is 17.1. The second-order valence-electron chi connectivity index (χ2n) is 5.88. The number of rotatable bonds is 7. The van der Waals surface area contributed by atoms with Crippen molar-refractivity contribution in [1.29, 1.82) is 0 Å². The van der Waals surface area contributed by atoms with E-state index in [4.69, 9.17) is 11.6 Å². The van der Waals surface area contributed by atoms with Crippen molar-refractivity contribution in [1.82, 2.24) is 4.57 Å². The highest BCUT2D eigenvalue weighted by molar-refractivity contribution is 7.80. The molecule has 0 saturated carbocycles. The Morgan fingerprint density at radius 2 is 1.79 bits per heavy atom. The van der Waals surface area contributed by atoms with Gasteiger partial charge in [0.05, 0.1) is 0 Å². The van der Waals surface area contributed by atoms with E-state index in [9.17, 15) is 4.79 Å². The first-order valence-electron chi connectivity index (χ1n) is 8.16. The lowest BCUT2D eigenvalue weighted by Crippen LogP contribution is -2.03. The molecule has 0 atom stereocenters. The SMILES string of the molecule is O=C(Cc1ccccc1Cl)c1cn(CCCCS)c2ccccc12. The summed E-state index contributed by atoms with van der Waals surface area (Å²) in [5, 5.41) is 1.66. The van der Waals surface area contributed by atoms with E-state index in [1.807, 2.05) is 48.7 Å². The number of thiol groups is 1. The summed E-state index contributed by atoms with van der Waals surface area (Å²) in [5.74, 6) is 0.990. The number of halogens is 1. The van der Waals surface area contributed by atoms with Gasteiger partial charge in [0, 0.05) is 40.7 Å². The van der Waals surface area contributed by atoms with Gasteiger partial charge in [-0.05, 0) is 36.3 Å². The van der Waals surface area contributed by atoms with Crippen LogP contribution in [0, 0.1) is 0 Å². The van der Waals surface area contributed by atoms with E-state index >= 15 is 0 Å². The maximum absolute atomic E-state index is 12.8. The van der Waals surface area contributed by atoms with Crippen LogP contribution in [0.4, 0.5) is 0 Å². The number of ketones is 1. The Bertz CT molecular complexity index is 856. The summed E-state index contributed by atoms with van der Waals surface area (Å²) in [6, 6.07) is 15.6. The highest BCUT2D eigenvalue weighted by Gasteiger charge is 2.16. The molecule has 1 heterocycles. The number of Topliss-reactive ketones (excluding diaryl/α,β-unsaturated/α-hetero) is 1. The predicted octanol–water partition coefficient (Wildman–Crippen LogP) is 5.43. The van der Waals surface area contributed by atoms with Crippen molar-refractivity contribution in [2.24, 2.45) is 0 Å². The number of aromatic nitrogens is 1. The summed E-state index contributed by atoms with van der Waals surface area (Å²) < 4.78 is 2.18. The van der Waals surface area contributed by atoms with E-state index in [1.54, 1.807) is 0 Å². The van der Waals surface area contributed by atoms with Crippen LogP contribution < -0.4 is 0 Å². The molecular formula is C20H20ClNOS. The standard InChI is InChI=1S/C20H20ClNOS/c21-18-9-3-1-7-15(18)13-20(23)17-14-22(11-5-6-12-24)19-10-4-2-8-16(17)19/h1-4,7-10,14,24H,5-6,11-13H2. The smallest absolute Gasteiger partial charge is 0.169 e. The normalized spacial score (nSPS) is 11.1. The van der Waals surface area contributed by atoms with Gasteiger partial charge in [0.2, 0.25) is 0 Å². The number of nitrogens with zero attached hydrogens (tertiary/aromatic N) is 1. The number of carbonyl (C=O) groups is 1. The summed E-state index contributed by atoms with van der Waals surface area (Å²) in [6.45, 7) is 0.903. The molecule has 0 aliphatic carbocycles. The number of carbonyl (C=O) groups excluding carboxylic acids is 1. The van der Waals surface area contributed by atoms with Gasteiger partial charge in [0.25, 0.3) is 0 Å². The number of para-hydroxylation sites is 1. The van der Waals surface area contributed by atoms with Crippen LogP contribution in [0.2, 0.25) is 5.02 Å². The molecule has 124 valence electrons. The summed E-state index contributed by atoms with van der Waals surface area (Å²) >= 11 is 10.5. The van der Waals surface area contributed by atoms with Gasteiger partial charge in [-0.2, -0.15) is 12.6 Å². The van der Waals surface area contributed by atoms with Crippen molar-refractivity contribution in [2.75, 3.05) is 5.75 Å². The summed E-state index contributed by atoms with van der Waals surface area (Å²) in [6.07, 6.45) is 4.44. The maximum atomic E-state index is 12.8.